The third-order valence-corrected chi connectivity index (χ3v) is 2.81. The van der Waals surface area contributed by atoms with E-state index < -0.39 is 5.97 Å². The SMILES string of the molecule is CCc1cc(C(=O)O)cc(C(C)(C)C)c1OC. The molecule has 0 aliphatic heterocycles. The molecular weight excluding hydrogens is 216 g/mol. The van der Waals surface area contributed by atoms with E-state index in [2.05, 4.69) is 20.8 Å². The van der Waals surface area contributed by atoms with Crippen LogP contribution in [0.2, 0.25) is 0 Å². The summed E-state index contributed by atoms with van der Waals surface area (Å²) in [5.74, 6) is -0.0853. The summed E-state index contributed by atoms with van der Waals surface area (Å²) in [5, 5.41) is 9.12. The van der Waals surface area contributed by atoms with Gasteiger partial charge in [0.2, 0.25) is 0 Å². The van der Waals surface area contributed by atoms with Crippen molar-refractivity contribution in [2.45, 2.75) is 39.5 Å². The average molecular weight is 236 g/mol. The second-order valence-corrected chi connectivity index (χ2v) is 5.12. The van der Waals surface area contributed by atoms with Gasteiger partial charge in [0.1, 0.15) is 5.75 Å². The Kier molecular flexibility index (Phi) is 3.81. The number of hydrogen-bond acceptors (Lipinski definition) is 2. The zero-order valence-electron chi connectivity index (χ0n) is 11.1. The third kappa shape index (κ3) is 2.78. The molecule has 0 atom stereocenters. The second kappa shape index (κ2) is 4.78. The van der Waals surface area contributed by atoms with Crippen LogP contribution < -0.4 is 4.74 Å². The predicted octanol–water partition coefficient (Wildman–Crippen LogP) is 3.25. The van der Waals surface area contributed by atoms with Gasteiger partial charge >= 0.3 is 5.97 Å². The molecule has 0 bridgehead atoms. The lowest BCUT2D eigenvalue weighted by Crippen LogP contribution is -2.15. The van der Waals surface area contributed by atoms with E-state index in [0.29, 0.717) is 5.56 Å². The Morgan fingerprint density at radius 3 is 2.29 bits per heavy atom. The topological polar surface area (TPSA) is 46.5 Å². The Morgan fingerprint density at radius 2 is 1.94 bits per heavy atom. The first-order valence-corrected chi connectivity index (χ1v) is 5.76. The molecule has 1 aromatic rings. The summed E-state index contributed by atoms with van der Waals surface area (Å²) < 4.78 is 5.44. The molecule has 1 N–H and O–H groups in total. The zero-order chi connectivity index (χ0) is 13.2. The van der Waals surface area contributed by atoms with Crippen LogP contribution in [0.25, 0.3) is 0 Å². The molecule has 0 aromatic heterocycles. The van der Waals surface area contributed by atoms with Crippen molar-refractivity contribution in [3.05, 3.63) is 28.8 Å². The standard InChI is InChI=1S/C14H20O3/c1-6-9-7-10(13(15)16)8-11(12(9)17-5)14(2,3)4/h7-8H,6H2,1-5H3,(H,15,16). The highest BCUT2D eigenvalue weighted by molar-refractivity contribution is 5.88. The molecule has 0 saturated carbocycles. The lowest BCUT2D eigenvalue weighted by Gasteiger charge is -2.24. The molecule has 0 amide bonds. The van der Waals surface area contributed by atoms with Crippen molar-refractivity contribution in [1.82, 2.24) is 0 Å². The van der Waals surface area contributed by atoms with E-state index in [1.165, 1.54) is 0 Å². The number of hydrogen-bond donors (Lipinski definition) is 1. The van der Waals surface area contributed by atoms with E-state index in [0.717, 1.165) is 23.3 Å². The van der Waals surface area contributed by atoms with Crippen molar-refractivity contribution in [1.29, 1.82) is 0 Å². The Bertz CT molecular complexity index is 428. The van der Waals surface area contributed by atoms with Crippen LogP contribution in [0.1, 0.15) is 49.2 Å². The minimum Gasteiger partial charge on any atom is -0.496 e. The van der Waals surface area contributed by atoms with Crippen molar-refractivity contribution in [2.75, 3.05) is 7.11 Å². The smallest absolute Gasteiger partial charge is 0.335 e. The highest BCUT2D eigenvalue weighted by atomic mass is 16.5. The lowest BCUT2D eigenvalue weighted by molar-refractivity contribution is 0.0696. The Labute approximate surface area is 102 Å². The molecule has 0 saturated heterocycles. The van der Waals surface area contributed by atoms with Gasteiger partial charge in [-0.1, -0.05) is 27.7 Å². The number of aromatic carboxylic acids is 1. The summed E-state index contributed by atoms with van der Waals surface area (Å²) in [7, 11) is 1.63. The zero-order valence-corrected chi connectivity index (χ0v) is 11.1. The molecule has 17 heavy (non-hydrogen) atoms. The van der Waals surface area contributed by atoms with Crippen LogP contribution in [0.5, 0.6) is 5.75 Å². The first-order chi connectivity index (χ1) is 7.81. The molecule has 0 heterocycles. The van der Waals surface area contributed by atoms with Crippen LogP contribution in [0, 0.1) is 0 Å². The van der Waals surface area contributed by atoms with E-state index in [4.69, 9.17) is 9.84 Å². The van der Waals surface area contributed by atoms with Gasteiger partial charge in [0.25, 0.3) is 0 Å². The maximum Gasteiger partial charge on any atom is 0.335 e. The largest absolute Gasteiger partial charge is 0.496 e. The summed E-state index contributed by atoms with van der Waals surface area (Å²) in [5.41, 5.74) is 2.07. The normalized spacial score (nSPS) is 11.4. The molecule has 0 aliphatic rings. The molecule has 0 aliphatic carbocycles. The molecule has 3 nitrogen and oxygen atoms in total. The van der Waals surface area contributed by atoms with Crippen molar-refractivity contribution in [3.8, 4) is 5.75 Å². The first-order valence-electron chi connectivity index (χ1n) is 5.76. The summed E-state index contributed by atoms with van der Waals surface area (Å²) in [4.78, 5) is 11.1. The highest BCUT2D eigenvalue weighted by Crippen LogP contribution is 2.35. The van der Waals surface area contributed by atoms with Crippen molar-refractivity contribution >= 4 is 5.97 Å². The Morgan fingerprint density at radius 1 is 1.35 bits per heavy atom. The van der Waals surface area contributed by atoms with Crippen LogP contribution >= 0.6 is 0 Å². The van der Waals surface area contributed by atoms with E-state index in [9.17, 15) is 4.79 Å². The number of ether oxygens (including phenoxy) is 1. The van der Waals surface area contributed by atoms with Crippen molar-refractivity contribution < 1.29 is 14.6 Å². The molecule has 0 radical (unpaired) electrons. The van der Waals surface area contributed by atoms with Gasteiger partial charge in [0.05, 0.1) is 12.7 Å². The number of carboxylic acids is 1. The number of benzene rings is 1. The van der Waals surface area contributed by atoms with Crippen LogP contribution in [0.3, 0.4) is 0 Å². The van der Waals surface area contributed by atoms with Gasteiger partial charge in [-0.2, -0.15) is 0 Å². The summed E-state index contributed by atoms with van der Waals surface area (Å²) >= 11 is 0. The number of aryl methyl sites for hydroxylation is 1. The van der Waals surface area contributed by atoms with Crippen molar-refractivity contribution in [2.24, 2.45) is 0 Å². The maximum atomic E-state index is 11.1. The van der Waals surface area contributed by atoms with E-state index in [1.807, 2.05) is 6.92 Å². The van der Waals surface area contributed by atoms with Gasteiger partial charge in [-0.3, -0.25) is 0 Å². The monoisotopic (exact) mass is 236 g/mol. The lowest BCUT2D eigenvalue weighted by atomic mass is 9.83. The maximum absolute atomic E-state index is 11.1. The summed E-state index contributed by atoms with van der Waals surface area (Å²) in [6.45, 7) is 8.15. The summed E-state index contributed by atoms with van der Waals surface area (Å²) in [6.07, 6.45) is 0.757. The predicted molar refractivity (Wildman–Crippen MR) is 68.0 cm³/mol. The highest BCUT2D eigenvalue weighted by Gasteiger charge is 2.23. The Balaban J connectivity index is 3.54. The van der Waals surface area contributed by atoms with Gasteiger partial charge in [0, 0.05) is 5.56 Å². The number of carbonyl (C=O) groups is 1. The van der Waals surface area contributed by atoms with E-state index in [-0.39, 0.29) is 5.41 Å². The number of methoxy groups -OCH3 is 1. The van der Waals surface area contributed by atoms with Crippen molar-refractivity contribution in [3.63, 3.8) is 0 Å². The van der Waals surface area contributed by atoms with E-state index >= 15 is 0 Å². The molecule has 0 fully saturated rings. The Hall–Kier alpha value is -1.51. The minimum absolute atomic E-state index is 0.138. The van der Waals surface area contributed by atoms with Gasteiger partial charge in [-0.15, -0.1) is 0 Å². The van der Waals surface area contributed by atoms with E-state index in [1.54, 1.807) is 19.2 Å². The third-order valence-electron chi connectivity index (χ3n) is 2.81. The number of carboxylic acid groups (broad SMARTS) is 1. The van der Waals surface area contributed by atoms with Gasteiger partial charge in [-0.05, 0) is 29.5 Å². The average Bonchev–Trinajstić information content (AvgIpc) is 2.25. The van der Waals surface area contributed by atoms with Gasteiger partial charge in [-0.25, -0.2) is 4.79 Å². The van der Waals surface area contributed by atoms with Gasteiger partial charge < -0.3 is 9.84 Å². The quantitative estimate of drug-likeness (QED) is 0.876. The van der Waals surface area contributed by atoms with Crippen LogP contribution in [0.15, 0.2) is 12.1 Å². The van der Waals surface area contributed by atoms with Gasteiger partial charge in [0.15, 0.2) is 0 Å². The molecule has 0 unspecified atom stereocenters. The molecular formula is C14H20O3. The minimum atomic E-state index is -0.896. The second-order valence-electron chi connectivity index (χ2n) is 5.12. The van der Waals surface area contributed by atoms with Crippen LogP contribution in [0.4, 0.5) is 0 Å². The molecule has 3 heteroatoms. The summed E-state index contributed by atoms with van der Waals surface area (Å²) in [6, 6.07) is 3.40. The fourth-order valence-corrected chi connectivity index (χ4v) is 1.87. The molecule has 1 aromatic carbocycles. The number of rotatable bonds is 3. The molecule has 0 spiro atoms. The first kappa shape index (κ1) is 13.6. The fraction of sp³-hybridized carbons (Fsp3) is 0.500. The van der Waals surface area contributed by atoms with Crippen LogP contribution in [-0.4, -0.2) is 18.2 Å². The van der Waals surface area contributed by atoms with Crippen LogP contribution in [-0.2, 0) is 11.8 Å². The molecule has 1 rings (SSSR count). The molecule has 94 valence electrons. The fourth-order valence-electron chi connectivity index (χ4n) is 1.87.